The zero-order valence-corrected chi connectivity index (χ0v) is 12.5. The first-order valence-electron chi connectivity index (χ1n) is 7.06. The standard InChI is InChI=1S/C15H17N3O2S/c19-14(18-8-10-21-11-9-18)7-6-13-16-15(17-20-13)12-4-2-1-3-5-12/h1-5H,6-11H2. The summed E-state index contributed by atoms with van der Waals surface area (Å²) >= 11 is 1.90. The Morgan fingerprint density at radius 2 is 2.00 bits per heavy atom. The lowest BCUT2D eigenvalue weighted by atomic mass is 10.2. The summed E-state index contributed by atoms with van der Waals surface area (Å²) < 4.78 is 5.22. The van der Waals surface area contributed by atoms with Crippen LogP contribution >= 0.6 is 11.8 Å². The third-order valence-corrected chi connectivity index (χ3v) is 4.36. The lowest BCUT2D eigenvalue weighted by Gasteiger charge is -2.26. The smallest absolute Gasteiger partial charge is 0.227 e. The number of hydrogen-bond donors (Lipinski definition) is 0. The second kappa shape index (κ2) is 6.76. The van der Waals surface area contributed by atoms with Gasteiger partial charge in [-0.1, -0.05) is 35.5 Å². The van der Waals surface area contributed by atoms with Gasteiger partial charge < -0.3 is 9.42 Å². The molecule has 1 aromatic carbocycles. The fourth-order valence-electron chi connectivity index (χ4n) is 2.25. The van der Waals surface area contributed by atoms with Crippen LogP contribution in [0.2, 0.25) is 0 Å². The molecule has 5 nitrogen and oxygen atoms in total. The monoisotopic (exact) mass is 303 g/mol. The Hall–Kier alpha value is -1.82. The van der Waals surface area contributed by atoms with Gasteiger partial charge in [-0.2, -0.15) is 16.7 Å². The summed E-state index contributed by atoms with van der Waals surface area (Å²) in [5.41, 5.74) is 0.923. The number of aromatic nitrogens is 2. The molecule has 2 heterocycles. The van der Waals surface area contributed by atoms with E-state index in [1.54, 1.807) is 0 Å². The van der Waals surface area contributed by atoms with Gasteiger partial charge in [0, 0.05) is 43.0 Å². The van der Waals surface area contributed by atoms with Gasteiger partial charge in [0.2, 0.25) is 17.6 Å². The number of amides is 1. The average molecular weight is 303 g/mol. The molecule has 0 spiro atoms. The Kier molecular flexibility index (Phi) is 4.55. The van der Waals surface area contributed by atoms with Gasteiger partial charge in [-0.15, -0.1) is 0 Å². The molecule has 0 radical (unpaired) electrons. The van der Waals surface area contributed by atoms with Crippen LogP contribution in [-0.4, -0.2) is 45.5 Å². The van der Waals surface area contributed by atoms with Crippen molar-refractivity contribution >= 4 is 17.7 Å². The van der Waals surface area contributed by atoms with Gasteiger partial charge in [-0.25, -0.2) is 0 Å². The van der Waals surface area contributed by atoms with Crippen LogP contribution in [0.5, 0.6) is 0 Å². The van der Waals surface area contributed by atoms with E-state index < -0.39 is 0 Å². The highest BCUT2D eigenvalue weighted by Gasteiger charge is 2.17. The molecule has 21 heavy (non-hydrogen) atoms. The lowest BCUT2D eigenvalue weighted by molar-refractivity contribution is -0.130. The number of rotatable bonds is 4. The van der Waals surface area contributed by atoms with Gasteiger partial charge in [0.1, 0.15) is 0 Å². The first kappa shape index (κ1) is 14.1. The summed E-state index contributed by atoms with van der Waals surface area (Å²) in [6.45, 7) is 1.70. The topological polar surface area (TPSA) is 59.2 Å². The van der Waals surface area contributed by atoms with Gasteiger partial charge in [0.25, 0.3) is 0 Å². The summed E-state index contributed by atoms with van der Waals surface area (Å²) in [5, 5.41) is 3.96. The van der Waals surface area contributed by atoms with Crippen molar-refractivity contribution < 1.29 is 9.32 Å². The molecular weight excluding hydrogens is 286 g/mol. The highest BCUT2D eigenvalue weighted by atomic mass is 32.2. The largest absolute Gasteiger partial charge is 0.341 e. The highest BCUT2D eigenvalue weighted by Crippen LogP contribution is 2.16. The molecule has 3 rings (SSSR count). The molecule has 1 amide bonds. The first-order chi connectivity index (χ1) is 10.3. The highest BCUT2D eigenvalue weighted by molar-refractivity contribution is 7.99. The molecule has 110 valence electrons. The maximum absolute atomic E-state index is 12.1. The van der Waals surface area contributed by atoms with Crippen molar-refractivity contribution in [3.63, 3.8) is 0 Å². The Balaban J connectivity index is 1.56. The van der Waals surface area contributed by atoms with E-state index in [-0.39, 0.29) is 5.91 Å². The molecule has 1 aromatic heterocycles. The summed E-state index contributed by atoms with van der Waals surface area (Å²) in [6, 6.07) is 9.68. The first-order valence-corrected chi connectivity index (χ1v) is 8.22. The van der Waals surface area contributed by atoms with Crippen molar-refractivity contribution in [3.05, 3.63) is 36.2 Å². The van der Waals surface area contributed by atoms with E-state index in [0.717, 1.165) is 30.2 Å². The second-order valence-corrected chi connectivity index (χ2v) is 6.10. The molecule has 0 bridgehead atoms. The molecule has 0 aliphatic carbocycles. The minimum absolute atomic E-state index is 0.176. The number of thioether (sulfide) groups is 1. The molecule has 1 aliphatic rings. The Morgan fingerprint density at radius 3 is 2.76 bits per heavy atom. The van der Waals surface area contributed by atoms with Crippen LogP contribution in [0.3, 0.4) is 0 Å². The number of hydrogen-bond acceptors (Lipinski definition) is 5. The van der Waals surface area contributed by atoms with E-state index in [2.05, 4.69) is 10.1 Å². The molecule has 0 unspecified atom stereocenters. The van der Waals surface area contributed by atoms with E-state index in [9.17, 15) is 4.79 Å². The number of benzene rings is 1. The quantitative estimate of drug-likeness (QED) is 0.867. The Bertz CT molecular complexity index is 594. The zero-order valence-electron chi connectivity index (χ0n) is 11.7. The van der Waals surface area contributed by atoms with E-state index in [0.29, 0.717) is 24.6 Å². The summed E-state index contributed by atoms with van der Waals surface area (Å²) in [5.74, 6) is 3.34. The minimum Gasteiger partial charge on any atom is -0.341 e. The molecule has 0 saturated carbocycles. The summed E-state index contributed by atoms with van der Waals surface area (Å²) in [6.07, 6.45) is 0.934. The van der Waals surface area contributed by atoms with Crippen LogP contribution in [-0.2, 0) is 11.2 Å². The van der Waals surface area contributed by atoms with Gasteiger partial charge in [0.15, 0.2) is 0 Å². The molecule has 1 aliphatic heterocycles. The molecule has 0 atom stereocenters. The van der Waals surface area contributed by atoms with Crippen LogP contribution in [0.4, 0.5) is 0 Å². The van der Waals surface area contributed by atoms with E-state index >= 15 is 0 Å². The van der Waals surface area contributed by atoms with Gasteiger partial charge in [-0.05, 0) is 0 Å². The van der Waals surface area contributed by atoms with Crippen molar-refractivity contribution in [1.29, 1.82) is 0 Å². The number of carbonyl (C=O) groups excluding carboxylic acids is 1. The van der Waals surface area contributed by atoms with Gasteiger partial charge >= 0.3 is 0 Å². The fourth-order valence-corrected chi connectivity index (χ4v) is 3.15. The van der Waals surface area contributed by atoms with Gasteiger partial charge in [0.05, 0.1) is 0 Å². The normalized spacial score (nSPS) is 15.1. The second-order valence-electron chi connectivity index (χ2n) is 4.87. The van der Waals surface area contributed by atoms with E-state index in [1.807, 2.05) is 47.0 Å². The zero-order chi connectivity index (χ0) is 14.5. The van der Waals surface area contributed by atoms with Crippen LogP contribution in [0.15, 0.2) is 34.9 Å². The molecular formula is C15H17N3O2S. The lowest BCUT2D eigenvalue weighted by Crippen LogP contribution is -2.37. The maximum atomic E-state index is 12.1. The average Bonchev–Trinajstić information content (AvgIpc) is 3.03. The van der Waals surface area contributed by atoms with Crippen molar-refractivity contribution in [2.75, 3.05) is 24.6 Å². The predicted molar refractivity (Wildman–Crippen MR) is 82.0 cm³/mol. The van der Waals surface area contributed by atoms with E-state index in [4.69, 9.17) is 4.52 Å². The Labute approximate surface area is 127 Å². The van der Waals surface area contributed by atoms with E-state index in [1.165, 1.54) is 0 Å². The van der Waals surface area contributed by atoms with Crippen LogP contribution < -0.4 is 0 Å². The molecule has 1 fully saturated rings. The van der Waals surface area contributed by atoms with Crippen molar-refractivity contribution in [2.24, 2.45) is 0 Å². The predicted octanol–water partition coefficient (Wildman–Crippen LogP) is 2.24. The van der Waals surface area contributed by atoms with Crippen molar-refractivity contribution in [1.82, 2.24) is 15.0 Å². The van der Waals surface area contributed by atoms with Crippen molar-refractivity contribution in [2.45, 2.75) is 12.8 Å². The molecule has 6 heteroatoms. The molecule has 2 aromatic rings. The third kappa shape index (κ3) is 3.64. The number of carbonyl (C=O) groups is 1. The third-order valence-electron chi connectivity index (χ3n) is 3.42. The summed E-state index contributed by atoms with van der Waals surface area (Å²) in [4.78, 5) is 18.3. The SMILES string of the molecule is O=C(CCc1nc(-c2ccccc2)no1)N1CCSCC1. The van der Waals surface area contributed by atoms with Crippen molar-refractivity contribution in [3.8, 4) is 11.4 Å². The van der Waals surface area contributed by atoms with Crippen LogP contribution in [0.25, 0.3) is 11.4 Å². The minimum atomic E-state index is 0.176. The number of nitrogens with zero attached hydrogens (tertiary/aromatic N) is 3. The van der Waals surface area contributed by atoms with Gasteiger partial charge in [-0.3, -0.25) is 4.79 Å². The number of aryl methyl sites for hydroxylation is 1. The van der Waals surface area contributed by atoms with Crippen LogP contribution in [0.1, 0.15) is 12.3 Å². The summed E-state index contributed by atoms with van der Waals surface area (Å²) in [7, 11) is 0. The molecule has 1 saturated heterocycles. The maximum Gasteiger partial charge on any atom is 0.227 e. The fraction of sp³-hybridized carbons (Fsp3) is 0.400. The Morgan fingerprint density at radius 1 is 1.24 bits per heavy atom. The van der Waals surface area contributed by atoms with Crippen LogP contribution in [0, 0.1) is 0 Å². The molecule has 0 N–H and O–H groups in total.